The number of nitrogens with zero attached hydrogens (tertiary/aromatic N) is 2. The second-order valence-electron chi connectivity index (χ2n) is 5.64. The summed E-state index contributed by atoms with van der Waals surface area (Å²) in [6, 6.07) is 12.4. The van der Waals surface area contributed by atoms with E-state index in [4.69, 9.17) is 0 Å². The van der Waals surface area contributed by atoms with Crippen molar-refractivity contribution in [1.29, 1.82) is 5.26 Å². The Labute approximate surface area is 121 Å². The lowest BCUT2D eigenvalue weighted by molar-refractivity contribution is -0.134. The third-order valence-corrected chi connectivity index (χ3v) is 4.38. The summed E-state index contributed by atoms with van der Waals surface area (Å²) < 4.78 is 0. The lowest BCUT2D eigenvalue weighted by Gasteiger charge is -2.39. The molecule has 1 aromatic carbocycles. The Kier molecular flexibility index (Phi) is 4.79. The van der Waals surface area contributed by atoms with Gasteiger partial charge < -0.3 is 4.90 Å². The van der Waals surface area contributed by atoms with Crippen molar-refractivity contribution in [2.45, 2.75) is 50.5 Å². The average molecular weight is 270 g/mol. The molecule has 3 heteroatoms. The first-order valence-electron chi connectivity index (χ1n) is 7.40. The molecule has 0 aliphatic heterocycles. The predicted octanol–water partition coefficient (Wildman–Crippen LogP) is 3.30. The van der Waals surface area contributed by atoms with Gasteiger partial charge in [0, 0.05) is 13.5 Å². The predicted molar refractivity (Wildman–Crippen MR) is 79.0 cm³/mol. The van der Waals surface area contributed by atoms with E-state index >= 15 is 0 Å². The van der Waals surface area contributed by atoms with E-state index in [1.807, 2.05) is 30.3 Å². The molecule has 1 aliphatic carbocycles. The zero-order chi connectivity index (χ0) is 14.4. The van der Waals surface area contributed by atoms with Gasteiger partial charge in [-0.25, -0.2) is 0 Å². The molecule has 2 rings (SSSR count). The van der Waals surface area contributed by atoms with Crippen LogP contribution in [0.2, 0.25) is 0 Å². The molecule has 1 fully saturated rings. The molecule has 0 saturated heterocycles. The first-order chi connectivity index (χ1) is 9.68. The van der Waals surface area contributed by atoms with E-state index in [2.05, 4.69) is 6.07 Å². The highest BCUT2D eigenvalue weighted by atomic mass is 16.2. The first-order valence-corrected chi connectivity index (χ1v) is 7.40. The first kappa shape index (κ1) is 14.6. The van der Waals surface area contributed by atoms with Crippen molar-refractivity contribution in [3.63, 3.8) is 0 Å². The number of carbonyl (C=O) groups is 1. The van der Waals surface area contributed by atoms with Gasteiger partial charge >= 0.3 is 0 Å². The molecule has 0 heterocycles. The standard InChI is InChI=1S/C17H22N2O/c1-19(17(14-18)12-6-3-7-13-17)16(20)11-10-15-8-4-2-5-9-15/h2,4-5,8-9H,3,6-7,10-13H2,1H3. The highest BCUT2D eigenvalue weighted by Gasteiger charge is 2.38. The number of hydrogen-bond donors (Lipinski definition) is 0. The maximum Gasteiger partial charge on any atom is 0.223 e. The van der Waals surface area contributed by atoms with Crippen LogP contribution in [-0.4, -0.2) is 23.4 Å². The van der Waals surface area contributed by atoms with E-state index < -0.39 is 5.54 Å². The summed E-state index contributed by atoms with van der Waals surface area (Å²) in [6.07, 6.45) is 6.12. The maximum absolute atomic E-state index is 12.4. The number of rotatable bonds is 4. The Morgan fingerprint density at radius 3 is 2.50 bits per heavy atom. The second kappa shape index (κ2) is 6.56. The Hall–Kier alpha value is -1.82. The molecule has 0 bridgehead atoms. The van der Waals surface area contributed by atoms with Crippen LogP contribution in [-0.2, 0) is 11.2 Å². The molecule has 0 N–H and O–H groups in total. The van der Waals surface area contributed by atoms with Gasteiger partial charge in [-0.05, 0) is 24.8 Å². The zero-order valence-electron chi connectivity index (χ0n) is 12.1. The Balaban J connectivity index is 1.96. The summed E-state index contributed by atoms with van der Waals surface area (Å²) in [5.41, 5.74) is 0.607. The summed E-state index contributed by atoms with van der Waals surface area (Å²) >= 11 is 0. The van der Waals surface area contributed by atoms with E-state index in [1.165, 1.54) is 12.0 Å². The lowest BCUT2D eigenvalue weighted by atomic mass is 9.81. The fourth-order valence-electron chi connectivity index (χ4n) is 2.96. The van der Waals surface area contributed by atoms with Crippen LogP contribution in [0.3, 0.4) is 0 Å². The molecule has 106 valence electrons. The van der Waals surface area contributed by atoms with Gasteiger partial charge in [0.2, 0.25) is 5.91 Å². The number of hydrogen-bond acceptors (Lipinski definition) is 2. The van der Waals surface area contributed by atoms with Crippen molar-refractivity contribution in [3.05, 3.63) is 35.9 Å². The Morgan fingerprint density at radius 1 is 1.25 bits per heavy atom. The molecule has 1 amide bonds. The molecule has 1 saturated carbocycles. The van der Waals surface area contributed by atoms with E-state index in [-0.39, 0.29) is 5.91 Å². The van der Waals surface area contributed by atoms with Gasteiger partial charge in [-0.3, -0.25) is 4.79 Å². The molecule has 0 aromatic heterocycles. The third kappa shape index (κ3) is 3.19. The molecular weight excluding hydrogens is 248 g/mol. The smallest absolute Gasteiger partial charge is 0.223 e. The normalized spacial score (nSPS) is 17.2. The summed E-state index contributed by atoms with van der Waals surface area (Å²) in [4.78, 5) is 14.1. The summed E-state index contributed by atoms with van der Waals surface area (Å²) in [5, 5.41) is 9.50. The van der Waals surface area contributed by atoms with Crippen molar-refractivity contribution in [2.75, 3.05) is 7.05 Å². The number of nitriles is 1. The molecule has 20 heavy (non-hydrogen) atoms. The highest BCUT2D eigenvalue weighted by Crippen LogP contribution is 2.32. The minimum absolute atomic E-state index is 0.0808. The molecule has 0 atom stereocenters. The van der Waals surface area contributed by atoms with Crippen molar-refractivity contribution in [1.82, 2.24) is 4.90 Å². The van der Waals surface area contributed by atoms with Crippen LogP contribution >= 0.6 is 0 Å². The van der Waals surface area contributed by atoms with Crippen LogP contribution in [0.5, 0.6) is 0 Å². The fraction of sp³-hybridized carbons (Fsp3) is 0.529. The lowest BCUT2D eigenvalue weighted by Crippen LogP contribution is -2.49. The number of benzene rings is 1. The van der Waals surface area contributed by atoms with Gasteiger partial charge in [0.05, 0.1) is 6.07 Å². The minimum Gasteiger partial charge on any atom is -0.327 e. The molecular formula is C17H22N2O. The zero-order valence-corrected chi connectivity index (χ0v) is 12.1. The maximum atomic E-state index is 12.4. The van der Waals surface area contributed by atoms with Crippen molar-refractivity contribution < 1.29 is 4.79 Å². The largest absolute Gasteiger partial charge is 0.327 e. The highest BCUT2D eigenvalue weighted by molar-refractivity contribution is 5.77. The van der Waals surface area contributed by atoms with Crippen molar-refractivity contribution in [3.8, 4) is 6.07 Å². The molecule has 1 aliphatic rings. The number of aryl methyl sites for hydroxylation is 1. The van der Waals surface area contributed by atoms with Crippen LogP contribution in [0, 0.1) is 11.3 Å². The van der Waals surface area contributed by atoms with E-state index in [0.717, 1.165) is 32.1 Å². The molecule has 1 aromatic rings. The topological polar surface area (TPSA) is 44.1 Å². The fourth-order valence-corrected chi connectivity index (χ4v) is 2.96. The van der Waals surface area contributed by atoms with Crippen molar-refractivity contribution >= 4 is 5.91 Å². The molecule has 0 spiro atoms. The molecule has 0 radical (unpaired) electrons. The van der Waals surface area contributed by atoms with E-state index in [9.17, 15) is 10.1 Å². The van der Waals surface area contributed by atoms with Crippen LogP contribution in [0.4, 0.5) is 0 Å². The average Bonchev–Trinajstić information content (AvgIpc) is 2.53. The number of amides is 1. The Bertz CT molecular complexity index is 483. The second-order valence-corrected chi connectivity index (χ2v) is 5.64. The molecule has 0 unspecified atom stereocenters. The van der Waals surface area contributed by atoms with Crippen LogP contribution < -0.4 is 0 Å². The monoisotopic (exact) mass is 270 g/mol. The van der Waals surface area contributed by atoms with E-state index in [0.29, 0.717) is 6.42 Å². The van der Waals surface area contributed by atoms with Crippen LogP contribution in [0.15, 0.2) is 30.3 Å². The van der Waals surface area contributed by atoms with E-state index in [1.54, 1.807) is 11.9 Å². The SMILES string of the molecule is CN(C(=O)CCc1ccccc1)C1(C#N)CCCCC1. The Morgan fingerprint density at radius 2 is 1.90 bits per heavy atom. The number of carbonyl (C=O) groups excluding carboxylic acids is 1. The van der Waals surface area contributed by atoms with Gasteiger partial charge in [0.25, 0.3) is 0 Å². The summed E-state index contributed by atoms with van der Waals surface area (Å²) in [6.45, 7) is 0. The minimum atomic E-state index is -0.563. The van der Waals surface area contributed by atoms with Crippen LogP contribution in [0.25, 0.3) is 0 Å². The summed E-state index contributed by atoms with van der Waals surface area (Å²) in [5.74, 6) is 0.0808. The van der Waals surface area contributed by atoms with Gasteiger partial charge in [0.15, 0.2) is 0 Å². The molecule has 3 nitrogen and oxygen atoms in total. The quantitative estimate of drug-likeness (QED) is 0.842. The summed E-state index contributed by atoms with van der Waals surface area (Å²) in [7, 11) is 1.79. The van der Waals surface area contributed by atoms with Gasteiger partial charge in [-0.2, -0.15) is 5.26 Å². The van der Waals surface area contributed by atoms with Gasteiger partial charge in [-0.15, -0.1) is 0 Å². The van der Waals surface area contributed by atoms with Crippen LogP contribution in [0.1, 0.15) is 44.1 Å². The van der Waals surface area contributed by atoms with Crippen molar-refractivity contribution in [2.24, 2.45) is 0 Å². The third-order valence-electron chi connectivity index (χ3n) is 4.38. The van der Waals surface area contributed by atoms with Gasteiger partial charge in [0.1, 0.15) is 5.54 Å². The van der Waals surface area contributed by atoms with Gasteiger partial charge in [-0.1, -0.05) is 49.6 Å².